The summed E-state index contributed by atoms with van der Waals surface area (Å²) in [5, 5.41) is 19.1. The van der Waals surface area contributed by atoms with Crippen LogP contribution < -0.4 is 0 Å². The molecule has 2 rings (SSSR count). The molecule has 1 unspecified atom stereocenters. The predicted molar refractivity (Wildman–Crippen MR) is 98.1 cm³/mol. The molecule has 142 valence electrons. The van der Waals surface area contributed by atoms with Crippen LogP contribution in [0.1, 0.15) is 47.7 Å². The van der Waals surface area contributed by atoms with E-state index in [4.69, 9.17) is 0 Å². The molecule has 0 spiro atoms. The molecule has 0 heterocycles. The maximum Gasteiger partial charge on any atom is 0.313 e. The van der Waals surface area contributed by atoms with Gasteiger partial charge in [-0.3, -0.25) is 9.59 Å². The van der Waals surface area contributed by atoms with E-state index in [9.17, 15) is 24.8 Å². The van der Waals surface area contributed by atoms with Gasteiger partial charge < -0.3 is 9.94 Å². The van der Waals surface area contributed by atoms with Crippen LogP contribution in [-0.2, 0) is 15.0 Å². The van der Waals surface area contributed by atoms with Crippen molar-refractivity contribution in [3.05, 3.63) is 81.4 Å². The fraction of sp³-hybridized carbons (Fsp3) is 0.300. The smallest absolute Gasteiger partial charge is 0.313 e. The second kappa shape index (κ2) is 8.93. The number of carbonyl (C=O) groups excluding carboxylic acids is 1. The molecule has 2 aromatic rings. The highest BCUT2D eigenvalue weighted by Gasteiger charge is 2.35. The van der Waals surface area contributed by atoms with Crippen LogP contribution in [0, 0.1) is 10.1 Å². The van der Waals surface area contributed by atoms with E-state index in [2.05, 4.69) is 4.84 Å². The quantitative estimate of drug-likeness (QED) is 0.296. The van der Waals surface area contributed by atoms with Crippen LogP contribution in [0.2, 0.25) is 0 Å². The van der Waals surface area contributed by atoms with Crippen LogP contribution >= 0.6 is 0 Å². The summed E-state index contributed by atoms with van der Waals surface area (Å²) in [5.41, 5.74) is 0.264. The number of hydrogen-bond donors (Lipinski definition) is 1. The number of benzene rings is 2. The average molecular weight is 371 g/mol. The monoisotopic (exact) mass is 371 g/mol. The summed E-state index contributed by atoms with van der Waals surface area (Å²) in [6, 6.07) is 15.4. The Morgan fingerprint density at radius 3 is 2.37 bits per heavy atom. The molecule has 1 atom stereocenters. The molecule has 0 aliphatic heterocycles. The lowest BCUT2D eigenvalue weighted by Gasteiger charge is -2.26. The zero-order valence-electron chi connectivity index (χ0n) is 15.0. The molecule has 7 nitrogen and oxygen atoms in total. The number of rotatable bonds is 10. The van der Waals surface area contributed by atoms with E-state index in [-0.39, 0.29) is 18.8 Å². The molecule has 0 saturated heterocycles. The van der Waals surface area contributed by atoms with Gasteiger partial charge in [-0.05, 0) is 31.4 Å². The molecule has 0 aliphatic carbocycles. The summed E-state index contributed by atoms with van der Waals surface area (Å²) < 4.78 is 0. The fourth-order valence-electron chi connectivity index (χ4n) is 2.85. The Hall–Kier alpha value is -3.22. The molecule has 0 fully saturated rings. The first-order chi connectivity index (χ1) is 12.8. The lowest BCUT2D eigenvalue weighted by atomic mass is 9.77. The molecule has 7 heteroatoms. The first kappa shape index (κ1) is 20.1. The van der Waals surface area contributed by atoms with Crippen molar-refractivity contribution in [2.45, 2.75) is 31.6 Å². The van der Waals surface area contributed by atoms with Crippen LogP contribution in [0.3, 0.4) is 0 Å². The van der Waals surface area contributed by atoms with E-state index in [1.807, 2.05) is 6.07 Å². The van der Waals surface area contributed by atoms with Gasteiger partial charge in [-0.2, -0.15) is 0 Å². The van der Waals surface area contributed by atoms with E-state index in [1.54, 1.807) is 55.5 Å². The van der Waals surface area contributed by atoms with Crippen LogP contribution in [-0.4, -0.2) is 28.6 Å². The number of nitrogens with zero attached hydrogens (tertiary/aromatic N) is 1. The van der Waals surface area contributed by atoms with Gasteiger partial charge in [0.2, 0.25) is 0 Å². The molecule has 0 aromatic heterocycles. The summed E-state index contributed by atoms with van der Waals surface area (Å²) in [4.78, 5) is 39.0. The Kier molecular flexibility index (Phi) is 6.65. The van der Waals surface area contributed by atoms with Gasteiger partial charge in [0.05, 0.1) is 12.0 Å². The zero-order chi connectivity index (χ0) is 19.9. The van der Waals surface area contributed by atoms with E-state index < -0.39 is 16.5 Å². The summed E-state index contributed by atoms with van der Waals surface area (Å²) in [5.74, 6) is -1.19. The maximum absolute atomic E-state index is 12.6. The maximum atomic E-state index is 12.6. The van der Waals surface area contributed by atoms with Crippen molar-refractivity contribution >= 4 is 11.8 Å². The van der Waals surface area contributed by atoms with Gasteiger partial charge in [0.15, 0.2) is 5.78 Å². The summed E-state index contributed by atoms with van der Waals surface area (Å²) in [6.45, 7) is 1.52. The third-order valence-corrected chi connectivity index (χ3v) is 4.54. The van der Waals surface area contributed by atoms with Crippen molar-refractivity contribution in [2.24, 2.45) is 0 Å². The Balaban J connectivity index is 2.18. The second-order valence-corrected chi connectivity index (χ2v) is 6.43. The lowest BCUT2D eigenvalue weighted by molar-refractivity contribution is -0.757. The van der Waals surface area contributed by atoms with Gasteiger partial charge in [-0.1, -0.05) is 55.0 Å². The average Bonchev–Trinajstić information content (AvgIpc) is 2.67. The summed E-state index contributed by atoms with van der Waals surface area (Å²) in [6.07, 6.45) is 1.08. The van der Waals surface area contributed by atoms with Crippen molar-refractivity contribution in [2.75, 3.05) is 6.61 Å². The second-order valence-electron chi connectivity index (χ2n) is 6.43. The minimum absolute atomic E-state index is 0.0742. The van der Waals surface area contributed by atoms with E-state index in [0.717, 1.165) is 0 Å². The Morgan fingerprint density at radius 2 is 1.74 bits per heavy atom. The number of aliphatic carboxylic acids is 1. The summed E-state index contributed by atoms with van der Waals surface area (Å²) >= 11 is 0. The Bertz CT molecular complexity index is 820. The highest BCUT2D eigenvalue weighted by molar-refractivity contribution is 6.09. The minimum atomic E-state index is -1.21. The van der Waals surface area contributed by atoms with Crippen molar-refractivity contribution in [1.82, 2.24) is 0 Å². The number of unbranched alkanes of at least 4 members (excludes halogenated alkanes) is 1. The molecule has 27 heavy (non-hydrogen) atoms. The molecule has 0 radical (unpaired) electrons. The van der Waals surface area contributed by atoms with Gasteiger partial charge >= 0.3 is 5.97 Å². The molecule has 0 aliphatic rings. The fourth-order valence-corrected chi connectivity index (χ4v) is 2.85. The lowest BCUT2D eigenvalue weighted by Crippen LogP contribution is -2.32. The van der Waals surface area contributed by atoms with Gasteiger partial charge in [-0.25, -0.2) is 0 Å². The highest BCUT2D eigenvalue weighted by atomic mass is 16.9. The molecule has 0 saturated carbocycles. The molecule has 0 amide bonds. The molecule has 0 bridgehead atoms. The van der Waals surface area contributed by atoms with Crippen molar-refractivity contribution in [3.8, 4) is 0 Å². The first-order valence-electron chi connectivity index (χ1n) is 8.55. The Labute approximate surface area is 156 Å². The number of carboxylic acids is 1. The van der Waals surface area contributed by atoms with E-state index >= 15 is 0 Å². The largest absolute Gasteiger partial charge is 0.481 e. The van der Waals surface area contributed by atoms with E-state index in [0.29, 0.717) is 29.5 Å². The van der Waals surface area contributed by atoms with Crippen LogP contribution in [0.25, 0.3) is 0 Å². The van der Waals surface area contributed by atoms with Crippen molar-refractivity contribution in [1.29, 1.82) is 0 Å². The zero-order valence-corrected chi connectivity index (χ0v) is 15.0. The molecular weight excluding hydrogens is 350 g/mol. The first-order valence-corrected chi connectivity index (χ1v) is 8.55. The third-order valence-electron chi connectivity index (χ3n) is 4.54. The minimum Gasteiger partial charge on any atom is -0.481 e. The number of hydrogen-bond acceptors (Lipinski definition) is 5. The van der Waals surface area contributed by atoms with Gasteiger partial charge in [-0.15, -0.1) is 10.1 Å². The molecular formula is C20H21NO6. The van der Waals surface area contributed by atoms with Crippen LogP contribution in [0.4, 0.5) is 0 Å². The van der Waals surface area contributed by atoms with Gasteiger partial charge in [0, 0.05) is 11.1 Å². The number of carbonyl (C=O) groups is 2. The number of ketones is 1. The Morgan fingerprint density at radius 1 is 1.07 bits per heavy atom. The van der Waals surface area contributed by atoms with Crippen LogP contribution in [0.5, 0.6) is 0 Å². The number of carboxylic acid groups (broad SMARTS) is 1. The predicted octanol–water partition coefficient (Wildman–Crippen LogP) is 3.64. The normalized spacial score (nSPS) is 12.8. The van der Waals surface area contributed by atoms with Crippen molar-refractivity contribution < 1.29 is 24.6 Å². The van der Waals surface area contributed by atoms with Crippen molar-refractivity contribution in [3.63, 3.8) is 0 Å². The standard InChI is InChI=1S/C20H21NO6/c1-20(19(23)24,12-5-6-13-27-21(25)26)17-11-7-10-16(14-17)18(22)15-8-3-2-4-9-15/h2-4,7-11,14H,5-6,12-13H2,1H3,(H,23,24). The van der Waals surface area contributed by atoms with E-state index in [1.165, 1.54) is 0 Å². The topological polar surface area (TPSA) is 107 Å². The summed E-state index contributed by atoms with van der Waals surface area (Å²) in [7, 11) is 0. The highest BCUT2D eigenvalue weighted by Crippen LogP contribution is 2.31. The van der Waals surface area contributed by atoms with Gasteiger partial charge in [0.1, 0.15) is 0 Å². The molecule has 1 N–H and O–H groups in total. The SMILES string of the molecule is CC(CCCCO[N+](=O)[O-])(C(=O)O)c1cccc(C(=O)c2ccccc2)c1. The molecule has 2 aromatic carbocycles. The van der Waals surface area contributed by atoms with Gasteiger partial charge in [0.25, 0.3) is 5.09 Å². The van der Waals surface area contributed by atoms with Crippen LogP contribution in [0.15, 0.2) is 54.6 Å². The third kappa shape index (κ3) is 5.13.